The molecule has 0 spiro atoms. The number of methoxy groups -OCH3 is 1. The lowest BCUT2D eigenvalue weighted by Crippen LogP contribution is -2.36. The second kappa shape index (κ2) is 8.31. The van der Waals surface area contributed by atoms with E-state index >= 15 is 0 Å². The van der Waals surface area contributed by atoms with Crippen LogP contribution in [0.3, 0.4) is 0 Å². The maximum absolute atomic E-state index is 5.42. The van der Waals surface area contributed by atoms with Crippen LogP contribution in [0.25, 0.3) is 5.69 Å². The fourth-order valence-electron chi connectivity index (χ4n) is 3.46. The number of benzene rings is 2. The van der Waals surface area contributed by atoms with E-state index in [0.29, 0.717) is 0 Å². The molecule has 0 radical (unpaired) electrons. The van der Waals surface area contributed by atoms with Gasteiger partial charge >= 0.3 is 0 Å². The van der Waals surface area contributed by atoms with Gasteiger partial charge in [0.1, 0.15) is 5.75 Å². The van der Waals surface area contributed by atoms with Crippen molar-refractivity contribution in [3.8, 4) is 11.4 Å². The molecule has 0 aliphatic carbocycles. The zero-order valence-electron chi connectivity index (χ0n) is 16.3. The van der Waals surface area contributed by atoms with Gasteiger partial charge in [0.25, 0.3) is 0 Å². The fraction of sp³-hybridized carbons (Fsp3) is 0.261. The summed E-state index contributed by atoms with van der Waals surface area (Å²) in [7, 11) is 1.68. The van der Waals surface area contributed by atoms with Gasteiger partial charge < -0.3 is 18.9 Å². The normalized spacial score (nSPS) is 14.6. The summed E-state index contributed by atoms with van der Waals surface area (Å²) in [5.74, 6) is 0.851. The van der Waals surface area contributed by atoms with Crippen molar-refractivity contribution in [1.29, 1.82) is 0 Å². The Labute approximate surface area is 165 Å². The number of aliphatic imine (C=N–C) groups is 1. The highest BCUT2D eigenvalue weighted by Crippen LogP contribution is 2.22. The van der Waals surface area contributed by atoms with Crippen molar-refractivity contribution in [2.45, 2.75) is 6.92 Å². The predicted molar refractivity (Wildman–Crippen MR) is 114 cm³/mol. The van der Waals surface area contributed by atoms with Crippen molar-refractivity contribution < 1.29 is 9.47 Å². The summed E-state index contributed by atoms with van der Waals surface area (Å²) in [6.45, 7) is 5.57. The van der Waals surface area contributed by atoms with E-state index in [1.165, 1.54) is 5.69 Å². The van der Waals surface area contributed by atoms with Crippen LogP contribution in [0.4, 0.5) is 11.4 Å². The second-order valence-corrected chi connectivity index (χ2v) is 6.81. The number of hydrogen-bond donors (Lipinski definition) is 0. The van der Waals surface area contributed by atoms with Gasteiger partial charge in [0, 0.05) is 30.2 Å². The summed E-state index contributed by atoms with van der Waals surface area (Å²) >= 11 is 0. The highest BCUT2D eigenvalue weighted by Gasteiger charge is 2.10. The van der Waals surface area contributed by atoms with E-state index in [1.807, 2.05) is 18.3 Å². The lowest BCUT2D eigenvalue weighted by molar-refractivity contribution is 0.122. The van der Waals surface area contributed by atoms with Crippen molar-refractivity contribution in [1.82, 2.24) is 4.57 Å². The Morgan fingerprint density at radius 3 is 2.25 bits per heavy atom. The number of ether oxygens (including phenoxy) is 2. The number of rotatable bonds is 5. The van der Waals surface area contributed by atoms with Crippen LogP contribution in [0.2, 0.25) is 0 Å². The monoisotopic (exact) mass is 375 g/mol. The number of morpholine rings is 1. The first kappa shape index (κ1) is 18.3. The first-order chi connectivity index (χ1) is 13.7. The Bertz CT molecular complexity index is 937. The molecule has 1 aliphatic heterocycles. The molecular formula is C23H25N3O2. The third kappa shape index (κ3) is 3.94. The molecule has 0 amide bonds. The van der Waals surface area contributed by atoms with Crippen LogP contribution in [-0.4, -0.2) is 44.2 Å². The quantitative estimate of drug-likeness (QED) is 0.621. The van der Waals surface area contributed by atoms with Gasteiger partial charge in [-0.2, -0.15) is 0 Å². The summed E-state index contributed by atoms with van der Waals surface area (Å²) in [5.41, 5.74) is 5.46. The topological polar surface area (TPSA) is 39.0 Å². The molecule has 0 bridgehead atoms. The molecule has 0 saturated carbocycles. The molecule has 5 nitrogen and oxygen atoms in total. The Hall–Kier alpha value is -3.05. The highest BCUT2D eigenvalue weighted by atomic mass is 16.5. The molecule has 3 aromatic rings. The van der Waals surface area contributed by atoms with Crippen LogP contribution >= 0.6 is 0 Å². The maximum Gasteiger partial charge on any atom is 0.119 e. The molecule has 28 heavy (non-hydrogen) atoms. The first-order valence-corrected chi connectivity index (χ1v) is 9.54. The van der Waals surface area contributed by atoms with Crippen LogP contribution in [0.1, 0.15) is 11.4 Å². The van der Waals surface area contributed by atoms with Crippen molar-refractivity contribution in [3.05, 3.63) is 72.1 Å². The molecular weight excluding hydrogens is 350 g/mol. The molecule has 1 aliphatic rings. The van der Waals surface area contributed by atoms with E-state index < -0.39 is 0 Å². The first-order valence-electron chi connectivity index (χ1n) is 9.54. The number of anilines is 1. The van der Waals surface area contributed by atoms with Gasteiger partial charge in [-0.3, -0.25) is 4.99 Å². The number of aryl methyl sites for hydroxylation is 1. The lowest BCUT2D eigenvalue weighted by atomic mass is 10.2. The van der Waals surface area contributed by atoms with Gasteiger partial charge in [-0.25, -0.2) is 0 Å². The summed E-state index contributed by atoms with van der Waals surface area (Å²) in [6.07, 6.45) is 1.92. The second-order valence-electron chi connectivity index (χ2n) is 6.81. The molecule has 1 fully saturated rings. The van der Waals surface area contributed by atoms with Gasteiger partial charge in [0.15, 0.2) is 0 Å². The zero-order chi connectivity index (χ0) is 19.3. The number of nitrogens with zero attached hydrogens (tertiary/aromatic N) is 3. The maximum atomic E-state index is 5.42. The van der Waals surface area contributed by atoms with E-state index in [2.05, 4.69) is 69.9 Å². The third-order valence-corrected chi connectivity index (χ3v) is 5.01. The molecule has 0 N–H and O–H groups in total. The molecule has 2 aromatic carbocycles. The minimum Gasteiger partial charge on any atom is -0.497 e. The van der Waals surface area contributed by atoms with Crippen LogP contribution < -0.4 is 9.64 Å². The molecule has 4 rings (SSSR count). The minimum atomic E-state index is 0.793. The molecule has 5 heteroatoms. The van der Waals surface area contributed by atoms with E-state index in [4.69, 9.17) is 9.47 Å². The van der Waals surface area contributed by atoms with E-state index in [1.54, 1.807) is 7.11 Å². The Balaban J connectivity index is 1.53. The van der Waals surface area contributed by atoms with Crippen molar-refractivity contribution in [2.24, 2.45) is 4.99 Å². The fourth-order valence-corrected chi connectivity index (χ4v) is 3.46. The molecule has 0 atom stereocenters. The molecule has 144 valence electrons. The van der Waals surface area contributed by atoms with E-state index in [0.717, 1.165) is 54.8 Å². The minimum absolute atomic E-state index is 0.793. The van der Waals surface area contributed by atoms with Crippen LogP contribution in [-0.2, 0) is 4.74 Å². The summed E-state index contributed by atoms with van der Waals surface area (Å²) in [4.78, 5) is 7.02. The SMILES string of the molecule is COc1ccc(-n2c(C)ccc2C=Nc2ccc(N3CCOCC3)cc2)cc1. The van der Waals surface area contributed by atoms with Gasteiger partial charge in [0.2, 0.25) is 0 Å². The lowest BCUT2D eigenvalue weighted by Gasteiger charge is -2.28. The van der Waals surface area contributed by atoms with Crippen molar-refractivity contribution in [2.75, 3.05) is 38.3 Å². The number of aromatic nitrogens is 1. The average Bonchev–Trinajstić information content (AvgIpc) is 3.13. The van der Waals surface area contributed by atoms with Gasteiger partial charge in [-0.05, 0) is 67.6 Å². The smallest absolute Gasteiger partial charge is 0.119 e. The Kier molecular flexibility index (Phi) is 5.44. The Morgan fingerprint density at radius 1 is 0.893 bits per heavy atom. The predicted octanol–water partition coefficient (Wildman–Crippen LogP) is 4.38. The largest absolute Gasteiger partial charge is 0.497 e. The van der Waals surface area contributed by atoms with E-state index in [-0.39, 0.29) is 0 Å². The van der Waals surface area contributed by atoms with Gasteiger partial charge in [-0.15, -0.1) is 0 Å². The molecule has 1 saturated heterocycles. The van der Waals surface area contributed by atoms with Crippen LogP contribution in [0, 0.1) is 6.92 Å². The summed E-state index contributed by atoms with van der Waals surface area (Å²) in [6, 6.07) is 20.6. The van der Waals surface area contributed by atoms with Crippen LogP contribution in [0.15, 0.2) is 65.7 Å². The number of hydrogen-bond acceptors (Lipinski definition) is 4. The van der Waals surface area contributed by atoms with E-state index in [9.17, 15) is 0 Å². The standard InChI is InChI=1S/C23H25N3O2/c1-18-3-6-22(26(18)21-9-11-23(27-2)12-10-21)17-24-19-4-7-20(8-5-19)25-13-15-28-16-14-25/h3-12,17H,13-16H2,1-2H3. The zero-order valence-corrected chi connectivity index (χ0v) is 16.3. The van der Waals surface area contributed by atoms with Gasteiger partial charge in [0.05, 0.1) is 37.9 Å². The Morgan fingerprint density at radius 2 is 1.57 bits per heavy atom. The van der Waals surface area contributed by atoms with Crippen molar-refractivity contribution >= 4 is 17.6 Å². The summed E-state index contributed by atoms with van der Waals surface area (Å²) in [5, 5.41) is 0. The summed E-state index contributed by atoms with van der Waals surface area (Å²) < 4.78 is 12.9. The van der Waals surface area contributed by atoms with Crippen molar-refractivity contribution in [3.63, 3.8) is 0 Å². The highest BCUT2D eigenvalue weighted by molar-refractivity contribution is 5.81. The van der Waals surface area contributed by atoms with Crippen LogP contribution in [0.5, 0.6) is 5.75 Å². The molecule has 2 heterocycles. The third-order valence-electron chi connectivity index (χ3n) is 5.01. The van der Waals surface area contributed by atoms with Gasteiger partial charge in [-0.1, -0.05) is 0 Å². The molecule has 0 unspecified atom stereocenters. The average molecular weight is 375 g/mol. The molecule has 1 aromatic heterocycles.